The van der Waals surface area contributed by atoms with Crippen molar-refractivity contribution in [2.24, 2.45) is 0 Å². The van der Waals surface area contributed by atoms with E-state index in [0.717, 1.165) is 10.9 Å². The molecule has 0 saturated carbocycles. The fraction of sp³-hybridized carbons (Fsp3) is 0.0714. The molecule has 0 spiro atoms. The summed E-state index contributed by atoms with van der Waals surface area (Å²) in [5.41, 5.74) is 3.17. The first-order valence-electron chi connectivity index (χ1n) is 5.02. The molecule has 0 aliphatic heterocycles. The molecule has 0 atom stereocenters. The van der Waals surface area contributed by atoms with Crippen LogP contribution in [-0.2, 0) is 6.42 Å². The molecule has 0 amide bonds. The van der Waals surface area contributed by atoms with Gasteiger partial charge in [-0.15, -0.1) is 0 Å². The Morgan fingerprint density at radius 3 is 2.31 bits per heavy atom. The molecule has 16 heavy (non-hydrogen) atoms. The number of halogens is 1. The third-order valence-electron chi connectivity index (χ3n) is 2.44. The first-order valence-corrected chi connectivity index (χ1v) is 5.81. The number of hydrogen-bond donors (Lipinski definition) is 0. The lowest BCUT2D eigenvalue weighted by Crippen LogP contribution is -1.89. The summed E-state index contributed by atoms with van der Waals surface area (Å²) in [7, 11) is 0. The number of nitriles is 1. The average Bonchev–Trinajstić information content (AvgIpc) is 2.33. The van der Waals surface area contributed by atoms with Crippen LogP contribution < -0.4 is 0 Å². The molecule has 0 aliphatic rings. The topological polar surface area (TPSA) is 23.8 Å². The van der Waals surface area contributed by atoms with Gasteiger partial charge in [-0.1, -0.05) is 46.3 Å². The quantitative estimate of drug-likeness (QED) is 0.813. The van der Waals surface area contributed by atoms with Gasteiger partial charge in [0.05, 0.1) is 11.6 Å². The van der Waals surface area contributed by atoms with Crippen LogP contribution >= 0.6 is 15.9 Å². The van der Waals surface area contributed by atoms with Crippen molar-refractivity contribution >= 4 is 15.9 Å². The molecule has 1 nitrogen and oxygen atoms in total. The smallest absolute Gasteiger partial charge is 0.0991 e. The maximum Gasteiger partial charge on any atom is 0.0991 e. The summed E-state index contributed by atoms with van der Waals surface area (Å²) in [6.07, 6.45) is 0.882. The minimum absolute atomic E-state index is 0.705. The van der Waals surface area contributed by atoms with Crippen LogP contribution in [0, 0.1) is 11.3 Å². The van der Waals surface area contributed by atoms with E-state index in [9.17, 15) is 0 Å². The molecule has 0 N–H and O–H groups in total. The van der Waals surface area contributed by atoms with E-state index in [1.807, 2.05) is 42.5 Å². The summed E-state index contributed by atoms with van der Waals surface area (Å²) < 4.78 is 1.12. The van der Waals surface area contributed by atoms with Gasteiger partial charge in [-0.2, -0.15) is 5.26 Å². The lowest BCUT2D eigenvalue weighted by molar-refractivity contribution is 1.18. The molecule has 2 rings (SSSR count). The van der Waals surface area contributed by atoms with Crippen molar-refractivity contribution in [2.45, 2.75) is 6.42 Å². The highest BCUT2D eigenvalue weighted by Crippen LogP contribution is 2.19. The molecular weight excluding hydrogens is 262 g/mol. The van der Waals surface area contributed by atoms with E-state index < -0.39 is 0 Å². The molecule has 0 aliphatic carbocycles. The minimum atomic E-state index is 0.705. The highest BCUT2D eigenvalue weighted by atomic mass is 79.9. The van der Waals surface area contributed by atoms with Gasteiger partial charge in [0.25, 0.3) is 0 Å². The minimum Gasteiger partial charge on any atom is -0.192 e. The molecule has 0 unspecified atom stereocenters. The van der Waals surface area contributed by atoms with Crippen molar-refractivity contribution in [3.8, 4) is 6.07 Å². The van der Waals surface area contributed by atoms with E-state index in [1.54, 1.807) is 0 Å². The van der Waals surface area contributed by atoms with Crippen LogP contribution in [0.2, 0.25) is 0 Å². The van der Waals surface area contributed by atoms with Gasteiger partial charge in [0, 0.05) is 4.47 Å². The fourth-order valence-electron chi connectivity index (χ4n) is 1.56. The fourth-order valence-corrected chi connectivity index (χ4v) is 1.98. The van der Waals surface area contributed by atoms with E-state index in [-0.39, 0.29) is 0 Å². The molecule has 0 heterocycles. The Morgan fingerprint density at radius 1 is 1.00 bits per heavy atom. The summed E-state index contributed by atoms with van der Waals surface area (Å²) in [4.78, 5) is 0. The van der Waals surface area contributed by atoms with E-state index >= 15 is 0 Å². The van der Waals surface area contributed by atoms with Crippen LogP contribution in [0.5, 0.6) is 0 Å². The first kappa shape index (κ1) is 10.9. The van der Waals surface area contributed by atoms with Crippen LogP contribution in [0.3, 0.4) is 0 Å². The third-order valence-corrected chi connectivity index (χ3v) is 3.21. The standard InChI is InChI=1S/C14H10BrN/c15-14-4-2-1-3-13(14)9-11-5-7-12(10-16)8-6-11/h1-8H,9H2. The van der Waals surface area contributed by atoms with Gasteiger partial charge in [0.15, 0.2) is 0 Å². The van der Waals surface area contributed by atoms with Crippen LogP contribution in [0.4, 0.5) is 0 Å². The Balaban J connectivity index is 2.22. The van der Waals surface area contributed by atoms with Crippen molar-refractivity contribution in [3.05, 3.63) is 69.7 Å². The van der Waals surface area contributed by atoms with Gasteiger partial charge in [-0.05, 0) is 35.7 Å². The van der Waals surface area contributed by atoms with Gasteiger partial charge in [-0.3, -0.25) is 0 Å². The maximum absolute atomic E-state index is 8.70. The average molecular weight is 272 g/mol. The third kappa shape index (κ3) is 2.50. The number of hydrogen-bond acceptors (Lipinski definition) is 1. The number of nitrogens with zero attached hydrogens (tertiary/aromatic N) is 1. The predicted molar refractivity (Wildman–Crippen MR) is 68.1 cm³/mol. The van der Waals surface area contributed by atoms with Crippen LogP contribution in [0.15, 0.2) is 53.0 Å². The predicted octanol–water partition coefficient (Wildman–Crippen LogP) is 3.91. The van der Waals surface area contributed by atoms with Crippen molar-refractivity contribution in [1.29, 1.82) is 5.26 Å². The second-order valence-corrected chi connectivity index (χ2v) is 4.43. The Bertz CT molecular complexity index is 523. The Hall–Kier alpha value is -1.59. The zero-order chi connectivity index (χ0) is 11.4. The Labute approximate surface area is 103 Å². The van der Waals surface area contributed by atoms with Crippen molar-refractivity contribution in [1.82, 2.24) is 0 Å². The van der Waals surface area contributed by atoms with E-state index in [2.05, 4.69) is 28.1 Å². The summed E-state index contributed by atoms with van der Waals surface area (Å²) in [5.74, 6) is 0. The largest absolute Gasteiger partial charge is 0.192 e. The van der Waals surface area contributed by atoms with E-state index in [4.69, 9.17) is 5.26 Å². The van der Waals surface area contributed by atoms with E-state index in [0.29, 0.717) is 5.56 Å². The second-order valence-electron chi connectivity index (χ2n) is 3.58. The first-order chi connectivity index (χ1) is 7.79. The summed E-state index contributed by atoms with van der Waals surface area (Å²) in [6.45, 7) is 0. The summed E-state index contributed by atoms with van der Waals surface area (Å²) >= 11 is 3.53. The monoisotopic (exact) mass is 271 g/mol. The lowest BCUT2D eigenvalue weighted by atomic mass is 10.0. The van der Waals surface area contributed by atoms with Gasteiger partial charge < -0.3 is 0 Å². The molecule has 2 heteroatoms. The zero-order valence-corrected chi connectivity index (χ0v) is 10.2. The van der Waals surface area contributed by atoms with E-state index in [1.165, 1.54) is 11.1 Å². The molecule has 0 fully saturated rings. The summed E-state index contributed by atoms with van der Waals surface area (Å²) in [6, 6.07) is 18.0. The van der Waals surface area contributed by atoms with Gasteiger partial charge in [0.2, 0.25) is 0 Å². The second kappa shape index (κ2) is 4.96. The highest BCUT2D eigenvalue weighted by Gasteiger charge is 2.00. The normalized spacial score (nSPS) is 9.75. The number of rotatable bonds is 2. The van der Waals surface area contributed by atoms with Crippen LogP contribution in [-0.4, -0.2) is 0 Å². The lowest BCUT2D eigenvalue weighted by Gasteiger charge is -2.04. The molecule has 0 radical (unpaired) electrons. The molecule has 0 saturated heterocycles. The molecule has 2 aromatic rings. The molecule has 2 aromatic carbocycles. The molecular formula is C14H10BrN. The van der Waals surface area contributed by atoms with Gasteiger partial charge in [-0.25, -0.2) is 0 Å². The highest BCUT2D eigenvalue weighted by molar-refractivity contribution is 9.10. The maximum atomic E-state index is 8.70. The van der Waals surface area contributed by atoms with Crippen molar-refractivity contribution < 1.29 is 0 Å². The molecule has 0 aromatic heterocycles. The number of benzene rings is 2. The van der Waals surface area contributed by atoms with Crippen LogP contribution in [0.25, 0.3) is 0 Å². The summed E-state index contributed by atoms with van der Waals surface area (Å²) in [5, 5.41) is 8.70. The SMILES string of the molecule is N#Cc1ccc(Cc2ccccc2Br)cc1. The zero-order valence-electron chi connectivity index (χ0n) is 8.65. The van der Waals surface area contributed by atoms with Crippen molar-refractivity contribution in [2.75, 3.05) is 0 Å². The van der Waals surface area contributed by atoms with Crippen LogP contribution in [0.1, 0.15) is 16.7 Å². The molecule has 0 bridgehead atoms. The Morgan fingerprint density at radius 2 is 1.69 bits per heavy atom. The van der Waals surface area contributed by atoms with Gasteiger partial charge >= 0.3 is 0 Å². The van der Waals surface area contributed by atoms with Gasteiger partial charge in [0.1, 0.15) is 0 Å². The Kier molecular flexibility index (Phi) is 3.38. The van der Waals surface area contributed by atoms with Crippen molar-refractivity contribution in [3.63, 3.8) is 0 Å². The molecule has 78 valence electrons.